The summed E-state index contributed by atoms with van der Waals surface area (Å²) in [5.74, 6) is 0.555. The Bertz CT molecular complexity index is 580. The van der Waals surface area contributed by atoms with Gasteiger partial charge < -0.3 is 5.32 Å². The highest BCUT2D eigenvalue weighted by atomic mass is 79.9. The number of halogens is 1. The van der Waals surface area contributed by atoms with Crippen LogP contribution in [0.1, 0.15) is 30.4 Å². The maximum atomic E-state index is 4.04. The van der Waals surface area contributed by atoms with Crippen LogP contribution in [-0.2, 0) is 4.32 Å². The van der Waals surface area contributed by atoms with Gasteiger partial charge in [-0.2, -0.15) is 0 Å². The van der Waals surface area contributed by atoms with Crippen LogP contribution >= 0.6 is 15.9 Å². The van der Waals surface area contributed by atoms with E-state index in [1.54, 1.807) is 0 Å². The van der Waals surface area contributed by atoms with Gasteiger partial charge in [0, 0.05) is 30.7 Å². The van der Waals surface area contributed by atoms with Crippen LogP contribution in [0.4, 0.5) is 5.69 Å². The lowest BCUT2D eigenvalue weighted by Gasteiger charge is -2.46. The zero-order valence-electron chi connectivity index (χ0n) is 11.4. The summed E-state index contributed by atoms with van der Waals surface area (Å²) < 4.78 is 0.132. The second-order valence-electron chi connectivity index (χ2n) is 6.31. The first-order valence-electron chi connectivity index (χ1n) is 7.02. The normalized spacial score (nSPS) is 36.3. The second kappa shape index (κ2) is 3.86. The highest BCUT2D eigenvalue weighted by Gasteiger charge is 2.48. The third kappa shape index (κ3) is 1.58. The van der Waals surface area contributed by atoms with Gasteiger partial charge in [0.2, 0.25) is 0 Å². The Balaban J connectivity index is 1.94. The van der Waals surface area contributed by atoms with E-state index in [0.29, 0.717) is 12.0 Å². The summed E-state index contributed by atoms with van der Waals surface area (Å²) in [7, 11) is 2.27. The van der Waals surface area contributed by atoms with Crippen LogP contribution in [0.5, 0.6) is 0 Å². The monoisotopic (exact) mass is 318 g/mol. The number of hydrogen-bond acceptors (Lipinski definition) is 2. The molecule has 3 aliphatic rings. The number of rotatable bonds is 0. The van der Waals surface area contributed by atoms with E-state index in [2.05, 4.69) is 64.4 Å². The van der Waals surface area contributed by atoms with Gasteiger partial charge in [0.05, 0.1) is 4.32 Å². The third-order valence-corrected chi connectivity index (χ3v) is 5.94. The highest BCUT2D eigenvalue weighted by molar-refractivity contribution is 9.09. The fraction of sp³-hybridized carbons (Fsp3) is 0.500. The first kappa shape index (κ1) is 12.0. The summed E-state index contributed by atoms with van der Waals surface area (Å²) in [6.07, 6.45) is 3.68. The molecule has 1 unspecified atom stereocenters. The number of nitrogens with one attached hydrogen (secondary N) is 1. The van der Waals surface area contributed by atoms with Crippen molar-refractivity contribution in [1.82, 2.24) is 4.90 Å². The average molecular weight is 319 g/mol. The zero-order valence-corrected chi connectivity index (χ0v) is 13.0. The fourth-order valence-electron chi connectivity index (χ4n) is 4.16. The van der Waals surface area contributed by atoms with Gasteiger partial charge in [0.1, 0.15) is 0 Å². The predicted molar refractivity (Wildman–Crippen MR) is 83.1 cm³/mol. The number of nitrogens with zero attached hydrogens (tertiary/aromatic N) is 1. The predicted octanol–water partition coefficient (Wildman–Crippen LogP) is 3.45. The molecule has 0 radical (unpaired) electrons. The Kier molecular flexibility index (Phi) is 2.43. The third-order valence-electron chi connectivity index (χ3n) is 4.94. The van der Waals surface area contributed by atoms with Crippen molar-refractivity contribution in [3.05, 3.63) is 41.0 Å². The quantitative estimate of drug-likeness (QED) is 0.582. The van der Waals surface area contributed by atoms with Crippen molar-refractivity contribution in [2.45, 2.75) is 29.6 Å². The van der Waals surface area contributed by atoms with E-state index in [-0.39, 0.29) is 4.32 Å². The Hall–Kier alpha value is -0.800. The van der Waals surface area contributed by atoms with Gasteiger partial charge in [0.25, 0.3) is 0 Å². The molecule has 19 heavy (non-hydrogen) atoms. The molecule has 0 aromatic heterocycles. The average Bonchev–Trinajstić information content (AvgIpc) is 2.71. The van der Waals surface area contributed by atoms with E-state index >= 15 is 0 Å². The van der Waals surface area contributed by atoms with Gasteiger partial charge in [-0.05, 0) is 37.6 Å². The number of alkyl halides is 1. The van der Waals surface area contributed by atoms with Crippen molar-refractivity contribution in [3.8, 4) is 0 Å². The van der Waals surface area contributed by atoms with E-state index in [9.17, 15) is 0 Å². The first-order chi connectivity index (χ1) is 9.08. The number of anilines is 1. The molecular formula is C16H19BrN2. The molecule has 1 aromatic carbocycles. The summed E-state index contributed by atoms with van der Waals surface area (Å²) in [6.45, 7) is 4.37. The molecule has 1 aromatic rings. The molecule has 100 valence electrons. The number of benzene rings is 1. The van der Waals surface area contributed by atoms with Crippen molar-refractivity contribution in [3.63, 3.8) is 0 Å². The molecule has 0 amide bonds. The van der Waals surface area contributed by atoms with Gasteiger partial charge in [-0.1, -0.05) is 39.7 Å². The Morgan fingerprint density at radius 2 is 2.26 bits per heavy atom. The van der Waals surface area contributed by atoms with Crippen LogP contribution in [0.25, 0.3) is 0 Å². The molecule has 0 bridgehead atoms. The van der Waals surface area contributed by atoms with Crippen LogP contribution in [-0.4, -0.2) is 31.1 Å². The summed E-state index contributed by atoms with van der Waals surface area (Å²) in [5, 5.41) is 3.57. The Morgan fingerprint density at radius 1 is 1.42 bits per heavy atom. The molecule has 0 fully saturated rings. The fourth-order valence-corrected chi connectivity index (χ4v) is 5.07. The molecule has 2 nitrogen and oxygen atoms in total. The van der Waals surface area contributed by atoms with E-state index < -0.39 is 0 Å². The van der Waals surface area contributed by atoms with E-state index in [1.165, 1.54) is 28.8 Å². The summed E-state index contributed by atoms with van der Waals surface area (Å²) in [5.41, 5.74) is 5.85. The molecule has 3 heteroatoms. The number of fused-ring (bicyclic) bond motifs is 2. The van der Waals surface area contributed by atoms with Crippen LogP contribution in [0, 0.1) is 0 Å². The van der Waals surface area contributed by atoms with Gasteiger partial charge in [-0.15, -0.1) is 0 Å². The molecule has 1 aliphatic carbocycles. The van der Waals surface area contributed by atoms with Gasteiger partial charge in [0.15, 0.2) is 0 Å². The summed E-state index contributed by atoms with van der Waals surface area (Å²) in [4.78, 5) is 2.52. The lowest BCUT2D eigenvalue weighted by Crippen LogP contribution is -2.47. The van der Waals surface area contributed by atoms with Crippen LogP contribution < -0.4 is 5.32 Å². The van der Waals surface area contributed by atoms with Crippen molar-refractivity contribution in [2.24, 2.45) is 0 Å². The molecule has 0 saturated carbocycles. The molecule has 0 spiro atoms. The lowest BCUT2D eigenvalue weighted by atomic mass is 9.72. The van der Waals surface area contributed by atoms with Crippen LogP contribution in [0.15, 0.2) is 29.8 Å². The van der Waals surface area contributed by atoms with Gasteiger partial charge in [-0.3, -0.25) is 4.90 Å². The van der Waals surface area contributed by atoms with Crippen molar-refractivity contribution < 1.29 is 0 Å². The molecule has 0 saturated heterocycles. The topological polar surface area (TPSA) is 15.3 Å². The molecule has 1 N–H and O–H groups in total. The van der Waals surface area contributed by atoms with E-state index in [0.717, 1.165) is 13.1 Å². The second-order valence-corrected chi connectivity index (χ2v) is 7.83. The minimum atomic E-state index is 0.132. The standard InChI is InChI=1S/C16H19BrN2/c1-10-6-12-11-4-3-5-13-15(11)16(17,9-18-13)7-14(12)19(2)8-10/h3-6,12,14,18H,7-9H2,1-2H3/t12-,14-,16?/m1/s1. The zero-order chi connectivity index (χ0) is 13.2. The first-order valence-corrected chi connectivity index (χ1v) is 7.81. The maximum absolute atomic E-state index is 4.04. The van der Waals surface area contributed by atoms with Gasteiger partial charge >= 0.3 is 0 Å². The lowest BCUT2D eigenvalue weighted by molar-refractivity contribution is 0.193. The Morgan fingerprint density at radius 3 is 3.11 bits per heavy atom. The smallest absolute Gasteiger partial charge is 0.0716 e. The van der Waals surface area contributed by atoms with E-state index in [4.69, 9.17) is 0 Å². The highest BCUT2D eigenvalue weighted by Crippen LogP contribution is 2.55. The number of likely N-dealkylation sites (N-methyl/N-ethyl adjacent to an activating group) is 1. The number of hydrogen-bond donors (Lipinski definition) is 1. The van der Waals surface area contributed by atoms with Gasteiger partial charge in [-0.25, -0.2) is 0 Å². The van der Waals surface area contributed by atoms with Crippen LogP contribution in [0.2, 0.25) is 0 Å². The van der Waals surface area contributed by atoms with Crippen molar-refractivity contribution >= 4 is 21.6 Å². The SMILES string of the molecule is CC1=C[C@@H]2c3cccc4c3C(Br)(CN4)C[C@H]2N(C)C1. The molecule has 2 aliphatic heterocycles. The van der Waals surface area contributed by atoms with Crippen molar-refractivity contribution in [1.29, 1.82) is 0 Å². The Labute approximate surface area is 123 Å². The molecular weight excluding hydrogens is 300 g/mol. The molecule has 4 rings (SSSR count). The maximum Gasteiger partial charge on any atom is 0.0716 e. The largest absolute Gasteiger partial charge is 0.383 e. The van der Waals surface area contributed by atoms with Crippen LogP contribution in [0.3, 0.4) is 0 Å². The van der Waals surface area contributed by atoms with E-state index in [1.807, 2.05) is 0 Å². The molecule has 3 atom stereocenters. The summed E-state index contributed by atoms with van der Waals surface area (Å²) in [6, 6.07) is 7.35. The molecule has 2 heterocycles. The van der Waals surface area contributed by atoms with Crippen molar-refractivity contribution in [2.75, 3.05) is 25.5 Å². The minimum Gasteiger partial charge on any atom is -0.383 e. The summed E-state index contributed by atoms with van der Waals surface area (Å²) >= 11 is 4.04. The minimum absolute atomic E-state index is 0.132.